The van der Waals surface area contributed by atoms with Crippen LogP contribution in [0.3, 0.4) is 0 Å². The van der Waals surface area contributed by atoms with E-state index >= 15 is 0 Å². The largest absolute Gasteiger partial charge is 0.432 e. The van der Waals surface area contributed by atoms with Gasteiger partial charge < -0.3 is 10.1 Å². The number of hydrogen-bond donors (Lipinski definition) is 1. The third-order valence-electron chi connectivity index (χ3n) is 5.74. The minimum absolute atomic E-state index is 0.399. The fraction of sp³-hybridized carbons (Fsp3) is 0.476. The first-order chi connectivity index (χ1) is 14.4. The van der Waals surface area contributed by atoms with E-state index in [1.807, 2.05) is 0 Å². The molecule has 9 heteroatoms. The van der Waals surface area contributed by atoms with E-state index in [0.29, 0.717) is 52.2 Å². The van der Waals surface area contributed by atoms with Gasteiger partial charge in [-0.2, -0.15) is 8.78 Å². The molecular formula is C21H22F3N5O. The lowest BCUT2D eigenvalue weighted by Crippen LogP contribution is -2.25. The molecule has 0 amide bonds. The van der Waals surface area contributed by atoms with E-state index in [4.69, 9.17) is 0 Å². The highest BCUT2D eigenvalue weighted by atomic mass is 19.3. The Morgan fingerprint density at radius 2 is 1.77 bits per heavy atom. The summed E-state index contributed by atoms with van der Waals surface area (Å²) in [7, 11) is 0. The highest BCUT2D eigenvalue weighted by Gasteiger charge is 2.42. The number of fused-ring (bicyclic) bond motifs is 1. The Balaban J connectivity index is 1.56. The van der Waals surface area contributed by atoms with Crippen LogP contribution in [0.2, 0.25) is 0 Å². The standard InChI is InChI=1S/C21H22F3N5O/c1-10-25-19(28-17(12-3-4-12)13-5-6-13)18-20(26-10)29(11(2)27-18)14-7-8-16(15(22)9-14)30-21(23)24/h7-9,12-13,17,21H,3-6H2,1-2H3,(H,25,26,28). The van der Waals surface area contributed by atoms with Gasteiger partial charge >= 0.3 is 6.61 Å². The molecule has 0 aliphatic heterocycles. The Bertz CT molecular complexity index is 1100. The summed E-state index contributed by atoms with van der Waals surface area (Å²) in [6.45, 7) is 0.512. The predicted molar refractivity (Wildman–Crippen MR) is 106 cm³/mol. The SMILES string of the molecule is Cc1nc(NC(C2CC2)C2CC2)c2nc(C)n(-c3ccc(OC(F)F)c(F)c3)c2n1. The molecular weight excluding hydrogens is 395 g/mol. The predicted octanol–water partition coefficient (Wildman–Crippen LogP) is 4.77. The number of anilines is 1. The summed E-state index contributed by atoms with van der Waals surface area (Å²) < 4.78 is 45.1. The number of hydrogen-bond acceptors (Lipinski definition) is 5. The number of nitrogens with zero attached hydrogens (tertiary/aromatic N) is 4. The summed E-state index contributed by atoms with van der Waals surface area (Å²) in [4.78, 5) is 13.8. The van der Waals surface area contributed by atoms with Gasteiger partial charge in [0.25, 0.3) is 0 Å². The molecule has 5 rings (SSSR count). The van der Waals surface area contributed by atoms with Crippen LogP contribution < -0.4 is 10.1 Å². The van der Waals surface area contributed by atoms with Crippen molar-refractivity contribution in [2.75, 3.05) is 5.32 Å². The zero-order valence-corrected chi connectivity index (χ0v) is 16.7. The van der Waals surface area contributed by atoms with Crippen molar-refractivity contribution < 1.29 is 17.9 Å². The lowest BCUT2D eigenvalue weighted by Gasteiger charge is -2.18. The van der Waals surface area contributed by atoms with Crippen LogP contribution >= 0.6 is 0 Å². The van der Waals surface area contributed by atoms with Crippen molar-refractivity contribution >= 4 is 17.0 Å². The molecule has 158 valence electrons. The number of ether oxygens (including phenoxy) is 1. The highest BCUT2D eigenvalue weighted by Crippen LogP contribution is 2.46. The van der Waals surface area contributed by atoms with Gasteiger partial charge in [-0.3, -0.25) is 4.57 Å². The van der Waals surface area contributed by atoms with Crippen molar-refractivity contribution in [3.8, 4) is 11.4 Å². The minimum atomic E-state index is -3.09. The Hall–Kier alpha value is -2.84. The smallest absolute Gasteiger partial charge is 0.387 e. The van der Waals surface area contributed by atoms with Gasteiger partial charge in [-0.05, 0) is 63.5 Å². The normalized spacial score (nSPS) is 16.6. The average molecular weight is 417 g/mol. The lowest BCUT2D eigenvalue weighted by atomic mass is 10.1. The molecule has 2 fully saturated rings. The van der Waals surface area contributed by atoms with E-state index in [1.165, 1.54) is 37.8 Å². The molecule has 2 heterocycles. The van der Waals surface area contributed by atoms with Crippen LogP contribution in [-0.4, -0.2) is 32.2 Å². The molecule has 1 aromatic carbocycles. The summed E-state index contributed by atoms with van der Waals surface area (Å²) in [5.41, 5.74) is 1.60. The van der Waals surface area contributed by atoms with E-state index in [1.54, 1.807) is 18.4 Å². The average Bonchev–Trinajstić information content (AvgIpc) is 3.58. The van der Waals surface area contributed by atoms with Gasteiger partial charge in [-0.1, -0.05) is 0 Å². The highest BCUT2D eigenvalue weighted by molar-refractivity contribution is 5.85. The van der Waals surface area contributed by atoms with Gasteiger partial charge in [0.05, 0.1) is 5.69 Å². The summed E-state index contributed by atoms with van der Waals surface area (Å²) in [5.74, 6) is 1.87. The molecule has 0 radical (unpaired) electrons. The summed E-state index contributed by atoms with van der Waals surface area (Å²) >= 11 is 0. The number of benzene rings is 1. The second-order valence-electron chi connectivity index (χ2n) is 8.12. The van der Waals surface area contributed by atoms with Crippen molar-refractivity contribution in [3.63, 3.8) is 0 Å². The summed E-state index contributed by atoms with van der Waals surface area (Å²) in [6, 6.07) is 4.24. The summed E-state index contributed by atoms with van der Waals surface area (Å²) in [5, 5.41) is 3.62. The molecule has 3 aromatic rings. The lowest BCUT2D eigenvalue weighted by molar-refractivity contribution is -0.0521. The van der Waals surface area contributed by atoms with Crippen molar-refractivity contribution in [2.24, 2.45) is 11.8 Å². The Kier molecular flexibility index (Phi) is 4.56. The van der Waals surface area contributed by atoms with Crippen molar-refractivity contribution in [2.45, 2.75) is 52.2 Å². The van der Waals surface area contributed by atoms with Gasteiger partial charge in [0.15, 0.2) is 28.5 Å². The first kappa shape index (κ1) is 19.1. The monoisotopic (exact) mass is 417 g/mol. The third-order valence-corrected chi connectivity index (χ3v) is 5.74. The van der Waals surface area contributed by atoms with Crippen LogP contribution in [-0.2, 0) is 0 Å². The second kappa shape index (κ2) is 7.14. The number of imidazole rings is 1. The second-order valence-corrected chi connectivity index (χ2v) is 8.12. The zero-order valence-electron chi connectivity index (χ0n) is 16.7. The molecule has 0 saturated heterocycles. The van der Waals surface area contributed by atoms with Crippen molar-refractivity contribution in [1.29, 1.82) is 0 Å². The number of rotatable bonds is 7. The van der Waals surface area contributed by atoms with Crippen LogP contribution in [0, 0.1) is 31.5 Å². The van der Waals surface area contributed by atoms with Gasteiger partial charge in [-0.25, -0.2) is 19.3 Å². The molecule has 2 saturated carbocycles. The maximum Gasteiger partial charge on any atom is 0.387 e. The molecule has 0 spiro atoms. The van der Waals surface area contributed by atoms with Gasteiger partial charge in [0.1, 0.15) is 11.6 Å². The molecule has 6 nitrogen and oxygen atoms in total. The van der Waals surface area contributed by atoms with Crippen LogP contribution in [0.15, 0.2) is 18.2 Å². The van der Waals surface area contributed by atoms with E-state index in [-0.39, 0.29) is 0 Å². The van der Waals surface area contributed by atoms with Crippen LogP contribution in [0.5, 0.6) is 5.75 Å². The molecule has 2 aliphatic carbocycles. The quantitative estimate of drug-likeness (QED) is 0.600. The molecule has 2 aliphatic rings. The van der Waals surface area contributed by atoms with Crippen LogP contribution in [0.25, 0.3) is 16.9 Å². The number of nitrogens with one attached hydrogen (secondary N) is 1. The fourth-order valence-electron chi connectivity index (χ4n) is 4.10. The van der Waals surface area contributed by atoms with E-state index in [2.05, 4.69) is 25.0 Å². The first-order valence-corrected chi connectivity index (χ1v) is 10.2. The van der Waals surface area contributed by atoms with Gasteiger partial charge in [0, 0.05) is 12.1 Å². The Morgan fingerprint density at radius 3 is 2.37 bits per heavy atom. The first-order valence-electron chi connectivity index (χ1n) is 10.2. The molecule has 0 unspecified atom stereocenters. The van der Waals surface area contributed by atoms with Gasteiger partial charge in [-0.15, -0.1) is 0 Å². The maximum absolute atomic E-state index is 14.3. The molecule has 0 bridgehead atoms. The fourth-order valence-corrected chi connectivity index (χ4v) is 4.10. The number of alkyl halides is 2. The number of aryl methyl sites for hydroxylation is 2. The number of aromatic nitrogens is 4. The number of halogens is 3. The maximum atomic E-state index is 14.3. The zero-order chi connectivity index (χ0) is 21.0. The van der Waals surface area contributed by atoms with Gasteiger partial charge in [0.2, 0.25) is 0 Å². The molecule has 30 heavy (non-hydrogen) atoms. The van der Waals surface area contributed by atoms with Crippen LogP contribution in [0.4, 0.5) is 19.0 Å². The van der Waals surface area contributed by atoms with E-state index in [0.717, 1.165) is 6.07 Å². The Morgan fingerprint density at radius 1 is 1.07 bits per heavy atom. The molecule has 1 N–H and O–H groups in total. The minimum Gasteiger partial charge on any atom is -0.432 e. The molecule has 2 aromatic heterocycles. The van der Waals surface area contributed by atoms with Crippen LogP contribution in [0.1, 0.15) is 37.3 Å². The van der Waals surface area contributed by atoms with Crippen molar-refractivity contribution in [3.05, 3.63) is 35.7 Å². The Labute approximate surface area is 171 Å². The summed E-state index contributed by atoms with van der Waals surface area (Å²) in [6.07, 6.45) is 4.95. The van der Waals surface area contributed by atoms with Crippen molar-refractivity contribution in [1.82, 2.24) is 19.5 Å². The van der Waals surface area contributed by atoms with E-state index < -0.39 is 18.2 Å². The third kappa shape index (κ3) is 3.57. The molecule has 0 atom stereocenters. The van der Waals surface area contributed by atoms with E-state index in [9.17, 15) is 13.2 Å². The topological polar surface area (TPSA) is 64.9 Å².